The van der Waals surface area contributed by atoms with Crippen molar-refractivity contribution in [1.82, 2.24) is 0 Å². The van der Waals surface area contributed by atoms with Gasteiger partial charge in [0, 0.05) is 6.07 Å². The van der Waals surface area contributed by atoms with E-state index >= 15 is 0 Å². The molecule has 0 spiro atoms. The number of nitro groups is 1. The average Bonchev–Trinajstić information content (AvgIpc) is 2.39. The van der Waals surface area contributed by atoms with Crippen LogP contribution in [0.2, 0.25) is 0 Å². The highest BCUT2D eigenvalue weighted by molar-refractivity contribution is 6.63. The van der Waals surface area contributed by atoms with E-state index in [4.69, 9.17) is 0 Å². The highest BCUT2D eigenvalue weighted by Crippen LogP contribution is 2.18. The van der Waals surface area contributed by atoms with E-state index in [0.29, 0.717) is 5.39 Å². The summed E-state index contributed by atoms with van der Waals surface area (Å²) in [6.45, 7) is 4.00. The molecule has 2 aromatic rings. The maximum absolute atomic E-state index is 10.8. The Hall–Kier alpha value is -1.92. The molecule has 18 heavy (non-hydrogen) atoms. The molecule has 0 saturated carbocycles. The summed E-state index contributed by atoms with van der Waals surface area (Å²) < 4.78 is 0. The molecule has 5 nitrogen and oxygen atoms in total. The lowest BCUT2D eigenvalue weighted by Crippen LogP contribution is -2.32. The molecule has 2 N–H and O–H groups in total. The van der Waals surface area contributed by atoms with Gasteiger partial charge in [0.25, 0.3) is 5.69 Å². The number of nitrogens with zero attached hydrogens (tertiary/aromatic N) is 1. The molecule has 0 aliphatic carbocycles. The highest BCUT2D eigenvalue weighted by atomic mass is 16.6. The highest BCUT2D eigenvalue weighted by Gasteiger charge is 2.26. The topological polar surface area (TPSA) is 83.6 Å². The van der Waals surface area contributed by atoms with Crippen LogP contribution in [0, 0.1) is 10.1 Å². The first-order chi connectivity index (χ1) is 8.61. The fraction of sp³-hybridized carbons (Fsp3) is 0.167. The number of rotatable bonds is 2. The van der Waals surface area contributed by atoms with E-state index in [1.165, 1.54) is 6.07 Å². The Kier molecular flexibility index (Phi) is 4.82. The van der Waals surface area contributed by atoms with Crippen molar-refractivity contribution >= 4 is 29.0 Å². The summed E-state index contributed by atoms with van der Waals surface area (Å²) in [4.78, 5) is 10.1. The number of hydrogen-bond acceptors (Lipinski definition) is 4. The maximum Gasteiger partial charge on any atom is 0.496 e. The zero-order chi connectivity index (χ0) is 13.7. The van der Waals surface area contributed by atoms with Crippen LogP contribution in [0.3, 0.4) is 0 Å². The van der Waals surface area contributed by atoms with Gasteiger partial charge in [-0.3, -0.25) is 10.1 Å². The summed E-state index contributed by atoms with van der Waals surface area (Å²) in [6, 6.07) is 9.71. The van der Waals surface area contributed by atoms with Gasteiger partial charge in [-0.2, -0.15) is 0 Å². The van der Waals surface area contributed by atoms with Crippen molar-refractivity contribution in [2.24, 2.45) is 0 Å². The van der Waals surface area contributed by atoms with Crippen LogP contribution in [0.25, 0.3) is 10.8 Å². The van der Waals surface area contributed by atoms with Gasteiger partial charge >= 0.3 is 7.12 Å². The van der Waals surface area contributed by atoms with Gasteiger partial charge in [0.15, 0.2) is 0 Å². The summed E-state index contributed by atoms with van der Waals surface area (Å²) in [5.41, 5.74) is -0.350. The second kappa shape index (κ2) is 6.14. The maximum atomic E-state index is 10.8. The number of benzene rings is 2. The van der Waals surface area contributed by atoms with Crippen LogP contribution in [0.1, 0.15) is 13.8 Å². The average molecular weight is 247 g/mol. The molecule has 0 bridgehead atoms. The summed E-state index contributed by atoms with van der Waals surface area (Å²) in [6.07, 6.45) is 0. The van der Waals surface area contributed by atoms with E-state index < -0.39 is 12.0 Å². The summed E-state index contributed by atoms with van der Waals surface area (Å²) in [5, 5.41) is 30.4. The Labute approximate surface area is 105 Å². The third-order valence-corrected chi connectivity index (χ3v) is 2.40. The van der Waals surface area contributed by atoms with Gasteiger partial charge in [-0.1, -0.05) is 38.1 Å². The van der Waals surface area contributed by atoms with E-state index in [-0.39, 0.29) is 11.2 Å². The van der Waals surface area contributed by atoms with Gasteiger partial charge in [0.2, 0.25) is 0 Å². The van der Waals surface area contributed by atoms with E-state index in [0.717, 1.165) is 5.39 Å². The van der Waals surface area contributed by atoms with E-state index in [1.54, 1.807) is 30.3 Å². The number of hydrogen-bond donors (Lipinski definition) is 2. The summed E-state index contributed by atoms with van der Waals surface area (Å²) >= 11 is 0. The third kappa shape index (κ3) is 2.66. The quantitative estimate of drug-likeness (QED) is 0.478. The molecular formula is C12H14BNO4. The van der Waals surface area contributed by atoms with Gasteiger partial charge in [-0.05, 0) is 16.8 Å². The van der Waals surface area contributed by atoms with Crippen LogP contribution >= 0.6 is 0 Å². The molecule has 2 rings (SSSR count). The lowest BCUT2D eigenvalue weighted by atomic mass is 9.76. The molecule has 0 aromatic heterocycles. The standard InChI is InChI=1S/C10H8BNO4.C2H6/c13-11(14)10-8-4-2-1-3-7(8)5-6-9(10)12(15)16;1-2/h1-6,13-14H;1-2H3. The van der Waals surface area contributed by atoms with Gasteiger partial charge in [0.05, 0.1) is 10.4 Å². The molecule has 0 fully saturated rings. The van der Waals surface area contributed by atoms with Gasteiger partial charge in [-0.15, -0.1) is 0 Å². The fourth-order valence-electron chi connectivity index (χ4n) is 1.71. The molecule has 0 atom stereocenters. The largest absolute Gasteiger partial charge is 0.496 e. The zero-order valence-electron chi connectivity index (χ0n) is 10.2. The molecule has 0 radical (unpaired) electrons. The van der Waals surface area contributed by atoms with E-state index in [9.17, 15) is 20.2 Å². The molecule has 94 valence electrons. The SMILES string of the molecule is CC.O=[N+]([O-])c1ccc2ccccc2c1B(O)O. The second-order valence-electron chi connectivity index (χ2n) is 3.35. The first-order valence-electron chi connectivity index (χ1n) is 5.63. The predicted molar refractivity (Wildman–Crippen MR) is 71.8 cm³/mol. The van der Waals surface area contributed by atoms with Crippen LogP contribution in [-0.2, 0) is 0 Å². The number of fused-ring (bicyclic) bond motifs is 1. The van der Waals surface area contributed by atoms with Crippen LogP contribution in [0.4, 0.5) is 5.69 Å². The Morgan fingerprint density at radius 1 is 1.11 bits per heavy atom. The molecule has 0 amide bonds. The van der Waals surface area contributed by atoms with Crippen molar-refractivity contribution in [2.45, 2.75) is 13.8 Å². The van der Waals surface area contributed by atoms with Gasteiger partial charge < -0.3 is 10.0 Å². The zero-order valence-corrected chi connectivity index (χ0v) is 10.2. The van der Waals surface area contributed by atoms with E-state index in [2.05, 4.69) is 0 Å². The van der Waals surface area contributed by atoms with Crippen LogP contribution in [0.15, 0.2) is 36.4 Å². The molecule has 0 saturated heterocycles. The van der Waals surface area contributed by atoms with Crippen LogP contribution in [0.5, 0.6) is 0 Å². The monoisotopic (exact) mass is 247 g/mol. The Morgan fingerprint density at radius 3 is 2.28 bits per heavy atom. The van der Waals surface area contributed by atoms with Crippen LogP contribution in [-0.4, -0.2) is 22.1 Å². The van der Waals surface area contributed by atoms with Crippen molar-refractivity contribution < 1.29 is 15.0 Å². The lowest BCUT2D eigenvalue weighted by Gasteiger charge is -2.06. The first kappa shape index (κ1) is 14.1. The van der Waals surface area contributed by atoms with Crippen LogP contribution < -0.4 is 5.46 Å². The summed E-state index contributed by atoms with van der Waals surface area (Å²) in [7, 11) is -1.86. The minimum atomic E-state index is -1.86. The van der Waals surface area contributed by atoms with E-state index in [1.807, 2.05) is 13.8 Å². The Balaban J connectivity index is 0.000000771. The molecule has 0 aliphatic rings. The Bertz CT molecular complexity index is 557. The second-order valence-corrected chi connectivity index (χ2v) is 3.35. The fourth-order valence-corrected chi connectivity index (χ4v) is 1.71. The molecular weight excluding hydrogens is 233 g/mol. The molecule has 0 unspecified atom stereocenters. The molecule has 2 aromatic carbocycles. The smallest absolute Gasteiger partial charge is 0.423 e. The van der Waals surface area contributed by atoms with Crippen molar-refractivity contribution in [1.29, 1.82) is 0 Å². The van der Waals surface area contributed by atoms with Crippen molar-refractivity contribution in [3.05, 3.63) is 46.5 Å². The minimum absolute atomic E-state index is 0.0666. The molecule has 0 heterocycles. The minimum Gasteiger partial charge on any atom is -0.423 e. The first-order valence-corrected chi connectivity index (χ1v) is 5.63. The van der Waals surface area contributed by atoms with Crippen molar-refractivity contribution in [3.63, 3.8) is 0 Å². The van der Waals surface area contributed by atoms with Crippen molar-refractivity contribution in [2.75, 3.05) is 0 Å². The molecule has 0 aliphatic heterocycles. The third-order valence-electron chi connectivity index (χ3n) is 2.40. The summed E-state index contributed by atoms with van der Waals surface area (Å²) in [5.74, 6) is 0. The predicted octanol–water partition coefficient (Wildman–Crippen LogP) is 1.45. The number of nitro benzene ring substituents is 1. The van der Waals surface area contributed by atoms with Crippen molar-refractivity contribution in [3.8, 4) is 0 Å². The van der Waals surface area contributed by atoms with Gasteiger partial charge in [-0.25, -0.2) is 0 Å². The Morgan fingerprint density at radius 2 is 1.72 bits per heavy atom. The molecule has 6 heteroatoms. The van der Waals surface area contributed by atoms with Gasteiger partial charge in [0.1, 0.15) is 0 Å². The normalized spacial score (nSPS) is 9.56. The lowest BCUT2D eigenvalue weighted by molar-refractivity contribution is -0.383.